The number of nitrogens with one attached hydrogen (secondary N) is 1. The van der Waals surface area contributed by atoms with Gasteiger partial charge in [-0.2, -0.15) is 0 Å². The van der Waals surface area contributed by atoms with Gasteiger partial charge in [0.25, 0.3) is 0 Å². The molecule has 1 fully saturated rings. The Bertz CT molecular complexity index is 909. The Morgan fingerprint density at radius 2 is 1.93 bits per heavy atom. The second kappa shape index (κ2) is 9.20. The molecule has 6 nitrogen and oxygen atoms in total. The van der Waals surface area contributed by atoms with Gasteiger partial charge in [0.2, 0.25) is 0 Å². The van der Waals surface area contributed by atoms with Crippen LogP contribution in [0.25, 0.3) is 21.3 Å². The molecule has 1 aliphatic heterocycles. The lowest BCUT2D eigenvalue weighted by Gasteiger charge is -2.27. The molecule has 1 saturated heterocycles. The monoisotopic (exact) mass is 400 g/mol. The molecule has 3 aromatic heterocycles. The number of fused-ring (bicyclic) bond motifs is 3. The molecule has 3 aromatic rings. The van der Waals surface area contributed by atoms with Crippen molar-refractivity contribution in [3.63, 3.8) is 0 Å². The summed E-state index contributed by atoms with van der Waals surface area (Å²) in [5, 5.41) is 5.53. The minimum absolute atomic E-state index is 0.566. The number of imidazole rings is 1. The molecule has 0 unspecified atom stereocenters. The van der Waals surface area contributed by atoms with E-state index in [1.54, 1.807) is 11.3 Å². The topological polar surface area (TPSA) is 72.0 Å². The van der Waals surface area contributed by atoms with Gasteiger partial charge in [0.05, 0.1) is 15.7 Å². The average Bonchev–Trinajstić information content (AvgIpc) is 3.31. The number of nitrogen functional groups attached to an aromatic ring is 1. The number of pyridine rings is 1. The summed E-state index contributed by atoms with van der Waals surface area (Å²) in [7, 11) is 0. The summed E-state index contributed by atoms with van der Waals surface area (Å²) in [4.78, 5) is 12.1. The lowest BCUT2D eigenvalue weighted by Crippen LogP contribution is -2.43. The van der Waals surface area contributed by atoms with Crippen LogP contribution in [0, 0.1) is 0 Å². The van der Waals surface area contributed by atoms with Gasteiger partial charge < -0.3 is 20.5 Å². The molecule has 3 N–H and O–H groups in total. The average molecular weight is 401 g/mol. The van der Waals surface area contributed by atoms with Gasteiger partial charge in [-0.05, 0) is 37.3 Å². The Labute approximate surface area is 171 Å². The molecule has 0 aliphatic carbocycles. The summed E-state index contributed by atoms with van der Waals surface area (Å²) in [6, 6.07) is 2.06. The highest BCUT2D eigenvalue weighted by atomic mass is 32.1. The number of piperazine rings is 1. The van der Waals surface area contributed by atoms with Gasteiger partial charge in [0.15, 0.2) is 5.82 Å². The van der Waals surface area contributed by atoms with Crippen LogP contribution in [-0.4, -0.2) is 52.2 Å². The third-order valence-electron chi connectivity index (χ3n) is 5.71. The number of anilines is 1. The van der Waals surface area contributed by atoms with E-state index >= 15 is 0 Å². The highest BCUT2D eigenvalue weighted by Crippen LogP contribution is 2.32. The molecular formula is C21H32N6S. The van der Waals surface area contributed by atoms with E-state index in [-0.39, 0.29) is 0 Å². The van der Waals surface area contributed by atoms with E-state index in [4.69, 9.17) is 10.7 Å². The zero-order valence-electron chi connectivity index (χ0n) is 16.9. The maximum atomic E-state index is 6.26. The number of rotatable bonds is 9. The maximum absolute atomic E-state index is 6.26. The molecule has 0 atom stereocenters. The van der Waals surface area contributed by atoms with Crippen LogP contribution in [0.4, 0.5) is 5.82 Å². The SMILES string of the molecule is CCCCc1nc2c(N)nc3ccsc3c2n1CCCCCN1CCNCC1. The van der Waals surface area contributed by atoms with Crippen molar-refractivity contribution in [2.75, 3.05) is 38.5 Å². The number of nitrogens with zero attached hydrogens (tertiary/aromatic N) is 4. The zero-order valence-corrected chi connectivity index (χ0v) is 17.7. The van der Waals surface area contributed by atoms with E-state index in [1.165, 1.54) is 61.4 Å². The highest BCUT2D eigenvalue weighted by Gasteiger charge is 2.17. The summed E-state index contributed by atoms with van der Waals surface area (Å²) in [5.41, 5.74) is 9.35. The minimum Gasteiger partial charge on any atom is -0.382 e. The normalized spacial score (nSPS) is 15.8. The standard InChI is InChI=1S/C21H32N6S/c1-2-3-7-17-25-18-19(20-16(8-15-28-20)24-21(18)22)27(17)12-6-4-5-11-26-13-9-23-10-14-26/h8,15,23H,2-7,9-14H2,1H3,(H2,22,24). The first kappa shape index (κ1) is 19.6. The van der Waals surface area contributed by atoms with Gasteiger partial charge in [-0.1, -0.05) is 19.8 Å². The number of hydrogen-bond acceptors (Lipinski definition) is 6. The van der Waals surface area contributed by atoms with Crippen molar-refractivity contribution in [2.24, 2.45) is 0 Å². The van der Waals surface area contributed by atoms with Crippen molar-refractivity contribution in [3.8, 4) is 0 Å². The maximum Gasteiger partial charge on any atom is 0.152 e. The predicted molar refractivity (Wildman–Crippen MR) is 119 cm³/mol. The van der Waals surface area contributed by atoms with Crippen LogP contribution in [0.15, 0.2) is 11.4 Å². The number of aryl methyl sites for hydroxylation is 2. The number of unbranched alkanes of at least 4 members (excludes halogenated alkanes) is 3. The number of thiophene rings is 1. The van der Waals surface area contributed by atoms with E-state index in [1.807, 2.05) is 0 Å². The zero-order chi connectivity index (χ0) is 19.3. The fourth-order valence-electron chi connectivity index (χ4n) is 4.14. The molecule has 4 rings (SSSR count). The van der Waals surface area contributed by atoms with Gasteiger partial charge in [0.1, 0.15) is 11.3 Å². The molecule has 0 amide bonds. The fourth-order valence-corrected chi connectivity index (χ4v) is 5.03. The van der Waals surface area contributed by atoms with Gasteiger partial charge in [0, 0.05) is 39.1 Å². The van der Waals surface area contributed by atoms with Gasteiger partial charge >= 0.3 is 0 Å². The first-order chi connectivity index (χ1) is 13.8. The van der Waals surface area contributed by atoms with E-state index in [2.05, 4.69) is 38.1 Å². The Balaban J connectivity index is 1.49. The quantitative estimate of drug-likeness (QED) is 0.537. The number of aromatic nitrogens is 3. The molecule has 0 bridgehead atoms. The van der Waals surface area contributed by atoms with E-state index in [9.17, 15) is 0 Å². The van der Waals surface area contributed by atoms with Gasteiger partial charge in [-0.15, -0.1) is 11.3 Å². The third kappa shape index (κ3) is 4.16. The van der Waals surface area contributed by atoms with Crippen LogP contribution in [0.2, 0.25) is 0 Å². The Hall–Kier alpha value is -1.70. The van der Waals surface area contributed by atoms with Crippen molar-refractivity contribution in [2.45, 2.75) is 52.0 Å². The van der Waals surface area contributed by atoms with Crippen LogP contribution in [0.3, 0.4) is 0 Å². The van der Waals surface area contributed by atoms with Crippen molar-refractivity contribution >= 4 is 38.4 Å². The van der Waals surface area contributed by atoms with Crippen LogP contribution < -0.4 is 11.1 Å². The Morgan fingerprint density at radius 1 is 1.11 bits per heavy atom. The summed E-state index contributed by atoms with van der Waals surface area (Å²) in [6.07, 6.45) is 7.06. The van der Waals surface area contributed by atoms with E-state index in [0.29, 0.717) is 5.82 Å². The molecule has 0 spiro atoms. The second-order valence-electron chi connectivity index (χ2n) is 7.76. The Morgan fingerprint density at radius 3 is 2.75 bits per heavy atom. The molecule has 0 saturated carbocycles. The van der Waals surface area contributed by atoms with E-state index < -0.39 is 0 Å². The first-order valence-electron chi connectivity index (χ1n) is 10.7. The molecule has 0 radical (unpaired) electrons. The Kier molecular flexibility index (Phi) is 6.44. The fraction of sp³-hybridized carbons (Fsp3) is 0.619. The summed E-state index contributed by atoms with van der Waals surface area (Å²) < 4.78 is 3.66. The van der Waals surface area contributed by atoms with Crippen molar-refractivity contribution < 1.29 is 0 Å². The smallest absolute Gasteiger partial charge is 0.152 e. The predicted octanol–water partition coefficient (Wildman–Crippen LogP) is 3.65. The lowest BCUT2D eigenvalue weighted by atomic mass is 10.2. The van der Waals surface area contributed by atoms with Crippen molar-refractivity contribution in [1.29, 1.82) is 0 Å². The number of nitrogens with two attached hydrogens (primary N) is 1. The highest BCUT2D eigenvalue weighted by molar-refractivity contribution is 7.18. The number of hydrogen-bond donors (Lipinski definition) is 2. The minimum atomic E-state index is 0.566. The largest absolute Gasteiger partial charge is 0.382 e. The molecule has 1 aliphatic rings. The van der Waals surface area contributed by atoms with Crippen molar-refractivity contribution in [3.05, 3.63) is 17.3 Å². The van der Waals surface area contributed by atoms with Gasteiger partial charge in [-0.25, -0.2) is 9.97 Å². The summed E-state index contributed by atoms with van der Waals surface area (Å²) >= 11 is 1.75. The lowest BCUT2D eigenvalue weighted by molar-refractivity contribution is 0.235. The van der Waals surface area contributed by atoms with Gasteiger partial charge in [-0.3, -0.25) is 0 Å². The third-order valence-corrected chi connectivity index (χ3v) is 6.62. The first-order valence-corrected chi connectivity index (χ1v) is 11.6. The molecule has 0 aromatic carbocycles. The van der Waals surface area contributed by atoms with E-state index in [0.717, 1.165) is 43.5 Å². The van der Waals surface area contributed by atoms with Crippen LogP contribution >= 0.6 is 11.3 Å². The van der Waals surface area contributed by atoms with Crippen molar-refractivity contribution in [1.82, 2.24) is 24.8 Å². The van der Waals surface area contributed by atoms with Crippen LogP contribution in [0.5, 0.6) is 0 Å². The molecule has 7 heteroatoms. The summed E-state index contributed by atoms with van der Waals surface area (Å²) in [5.74, 6) is 1.74. The molecular weight excluding hydrogens is 368 g/mol. The van der Waals surface area contributed by atoms with Crippen LogP contribution in [-0.2, 0) is 13.0 Å². The molecule has 28 heavy (non-hydrogen) atoms. The second-order valence-corrected chi connectivity index (χ2v) is 8.68. The molecule has 4 heterocycles. The molecule has 152 valence electrons. The summed E-state index contributed by atoms with van der Waals surface area (Å²) in [6.45, 7) is 9.12. The van der Waals surface area contributed by atoms with Crippen LogP contribution in [0.1, 0.15) is 44.9 Å².